The van der Waals surface area contributed by atoms with E-state index in [9.17, 15) is 4.79 Å². The number of carbonyl (C=O) groups is 1. The molecule has 0 bridgehead atoms. The number of rotatable bonds is 4. The summed E-state index contributed by atoms with van der Waals surface area (Å²) in [5.41, 5.74) is 7.55. The zero-order chi connectivity index (χ0) is 17.1. The number of anilines is 1. The largest absolute Gasteiger partial charge is 0.460 e. The van der Waals surface area contributed by atoms with Crippen LogP contribution in [-0.2, 0) is 11.2 Å². The highest BCUT2D eigenvalue weighted by Crippen LogP contribution is 2.25. The van der Waals surface area contributed by atoms with Crippen molar-refractivity contribution < 1.29 is 9.53 Å². The van der Waals surface area contributed by atoms with Crippen LogP contribution in [0.4, 0.5) is 5.82 Å². The van der Waals surface area contributed by atoms with Gasteiger partial charge >= 0.3 is 5.97 Å². The van der Waals surface area contributed by atoms with Crippen molar-refractivity contribution >= 4 is 22.8 Å². The first-order chi connectivity index (χ1) is 11.7. The maximum Gasteiger partial charge on any atom is 0.376 e. The van der Waals surface area contributed by atoms with E-state index in [1.165, 1.54) is 0 Å². The minimum Gasteiger partial charge on any atom is -0.460 e. The summed E-state index contributed by atoms with van der Waals surface area (Å²) in [4.78, 5) is 20.2. The molecular weight excluding hydrogens is 308 g/mol. The first kappa shape index (κ1) is 15.4. The third-order valence-corrected chi connectivity index (χ3v) is 3.33. The quantitative estimate of drug-likeness (QED) is 0.725. The molecule has 0 aliphatic carbocycles. The van der Waals surface area contributed by atoms with Gasteiger partial charge in [-0.05, 0) is 19.1 Å². The van der Waals surface area contributed by atoms with Gasteiger partial charge in [-0.15, -0.1) is 0 Å². The smallest absolute Gasteiger partial charge is 0.376 e. The number of benzene rings is 1. The van der Waals surface area contributed by atoms with E-state index in [1.807, 2.05) is 36.4 Å². The Morgan fingerprint density at radius 2 is 2.08 bits per heavy atom. The lowest BCUT2D eigenvalue weighted by molar-refractivity contribution is 0.0512. The molecule has 24 heavy (non-hydrogen) atoms. The third-order valence-electron chi connectivity index (χ3n) is 3.33. The number of hydrogen-bond acceptors (Lipinski definition) is 7. The van der Waals surface area contributed by atoms with Crippen LogP contribution in [0.3, 0.4) is 0 Å². The second kappa shape index (κ2) is 6.34. The standard InChI is InChI=1S/C16H14N6O2/c1-2-24-16(23)14-19-13(18)12-11(8-9-17)21-22(15(12)20-14)10-6-4-3-5-7-10/h3-7H,2,8H2,1H3,(H2,18,19,20). The lowest BCUT2D eigenvalue weighted by Gasteiger charge is -2.05. The number of esters is 1. The highest BCUT2D eigenvalue weighted by molar-refractivity contribution is 5.94. The Labute approximate surface area is 137 Å². The highest BCUT2D eigenvalue weighted by Gasteiger charge is 2.21. The number of hydrogen-bond donors (Lipinski definition) is 1. The third kappa shape index (κ3) is 2.63. The first-order valence-electron chi connectivity index (χ1n) is 7.30. The Morgan fingerprint density at radius 1 is 1.33 bits per heavy atom. The van der Waals surface area contributed by atoms with Crippen LogP contribution in [0.5, 0.6) is 0 Å². The second-order valence-corrected chi connectivity index (χ2v) is 4.88. The van der Waals surface area contributed by atoms with E-state index >= 15 is 0 Å². The van der Waals surface area contributed by atoms with Gasteiger partial charge in [-0.1, -0.05) is 18.2 Å². The predicted octanol–water partition coefficient (Wildman–Crippen LogP) is 1.64. The maximum atomic E-state index is 11.9. The normalized spacial score (nSPS) is 10.5. The van der Waals surface area contributed by atoms with Crippen LogP contribution < -0.4 is 5.73 Å². The number of nitrogen functional groups attached to an aromatic ring is 1. The van der Waals surface area contributed by atoms with Crippen molar-refractivity contribution in [3.8, 4) is 11.8 Å². The predicted molar refractivity (Wildman–Crippen MR) is 86.3 cm³/mol. The molecule has 120 valence electrons. The number of nitrogens with zero attached hydrogens (tertiary/aromatic N) is 5. The molecular formula is C16H14N6O2. The van der Waals surface area contributed by atoms with Gasteiger partial charge in [0.2, 0.25) is 5.82 Å². The summed E-state index contributed by atoms with van der Waals surface area (Å²) in [7, 11) is 0. The van der Waals surface area contributed by atoms with Crippen molar-refractivity contribution in [1.29, 1.82) is 5.26 Å². The molecule has 0 saturated carbocycles. The molecule has 0 aliphatic heterocycles. The molecule has 0 spiro atoms. The molecule has 1 aromatic carbocycles. The van der Waals surface area contributed by atoms with Gasteiger partial charge in [0.05, 0.1) is 35.9 Å². The van der Waals surface area contributed by atoms with E-state index in [1.54, 1.807) is 11.6 Å². The lowest BCUT2D eigenvalue weighted by atomic mass is 10.2. The molecule has 3 aromatic rings. The fraction of sp³-hybridized carbons (Fsp3) is 0.188. The molecule has 2 aromatic heterocycles. The van der Waals surface area contributed by atoms with Crippen LogP contribution in [0.25, 0.3) is 16.7 Å². The van der Waals surface area contributed by atoms with Crippen molar-refractivity contribution in [3.63, 3.8) is 0 Å². The van der Waals surface area contributed by atoms with E-state index in [0.29, 0.717) is 16.7 Å². The van der Waals surface area contributed by atoms with Gasteiger partial charge in [-0.25, -0.2) is 19.4 Å². The van der Waals surface area contributed by atoms with Crippen LogP contribution in [0.2, 0.25) is 0 Å². The monoisotopic (exact) mass is 322 g/mol. The van der Waals surface area contributed by atoms with Crippen LogP contribution in [0, 0.1) is 11.3 Å². The molecule has 8 heteroatoms. The fourth-order valence-corrected chi connectivity index (χ4v) is 2.35. The van der Waals surface area contributed by atoms with E-state index in [2.05, 4.69) is 15.1 Å². The summed E-state index contributed by atoms with van der Waals surface area (Å²) in [5.74, 6) is -0.702. The molecule has 0 amide bonds. The second-order valence-electron chi connectivity index (χ2n) is 4.88. The number of para-hydroxylation sites is 1. The van der Waals surface area contributed by atoms with Crippen molar-refractivity contribution in [2.45, 2.75) is 13.3 Å². The minimum absolute atomic E-state index is 0.0582. The molecule has 2 heterocycles. The number of aromatic nitrogens is 4. The van der Waals surface area contributed by atoms with Gasteiger partial charge in [0.15, 0.2) is 5.65 Å². The van der Waals surface area contributed by atoms with E-state index in [0.717, 1.165) is 5.69 Å². The van der Waals surface area contributed by atoms with Crippen molar-refractivity contribution in [2.24, 2.45) is 0 Å². The van der Waals surface area contributed by atoms with Crippen LogP contribution >= 0.6 is 0 Å². The Kier molecular flexibility index (Phi) is 4.07. The van der Waals surface area contributed by atoms with Gasteiger partial charge in [0.1, 0.15) is 5.82 Å². The number of nitriles is 1. The number of fused-ring (bicyclic) bond motifs is 1. The average molecular weight is 322 g/mol. The van der Waals surface area contributed by atoms with Crippen LogP contribution in [-0.4, -0.2) is 32.3 Å². The van der Waals surface area contributed by atoms with E-state index in [4.69, 9.17) is 15.7 Å². The van der Waals surface area contributed by atoms with E-state index < -0.39 is 5.97 Å². The SMILES string of the molecule is CCOC(=O)c1nc(N)c2c(CC#N)nn(-c3ccccc3)c2n1. The van der Waals surface area contributed by atoms with Gasteiger partial charge in [-0.3, -0.25) is 0 Å². The first-order valence-corrected chi connectivity index (χ1v) is 7.30. The Morgan fingerprint density at radius 3 is 2.75 bits per heavy atom. The molecule has 3 rings (SSSR count). The summed E-state index contributed by atoms with van der Waals surface area (Å²) in [6.45, 7) is 1.90. The van der Waals surface area contributed by atoms with Gasteiger partial charge < -0.3 is 10.5 Å². The molecule has 0 atom stereocenters. The molecule has 8 nitrogen and oxygen atoms in total. The minimum atomic E-state index is -0.659. The van der Waals surface area contributed by atoms with Gasteiger partial charge in [-0.2, -0.15) is 10.4 Å². The summed E-state index contributed by atoms with van der Waals surface area (Å²) < 4.78 is 6.47. The molecule has 0 saturated heterocycles. The van der Waals surface area contributed by atoms with Crippen molar-refractivity contribution in [3.05, 3.63) is 41.9 Å². The number of nitrogens with two attached hydrogens (primary N) is 1. The molecule has 0 aliphatic rings. The number of carbonyl (C=O) groups excluding carboxylic acids is 1. The Hall–Kier alpha value is -3.47. The topological polar surface area (TPSA) is 120 Å². The van der Waals surface area contributed by atoms with Crippen LogP contribution in [0.1, 0.15) is 23.2 Å². The Balaban J connectivity index is 2.27. The summed E-state index contributed by atoms with van der Waals surface area (Å²) in [6.07, 6.45) is 0.0582. The van der Waals surface area contributed by atoms with Crippen molar-refractivity contribution in [2.75, 3.05) is 12.3 Å². The molecule has 0 fully saturated rings. The Bertz CT molecular complexity index is 943. The van der Waals surface area contributed by atoms with Gasteiger partial charge in [0, 0.05) is 0 Å². The maximum absolute atomic E-state index is 11.9. The van der Waals surface area contributed by atoms with E-state index in [-0.39, 0.29) is 24.7 Å². The average Bonchev–Trinajstić information content (AvgIpc) is 2.95. The molecule has 2 N–H and O–H groups in total. The van der Waals surface area contributed by atoms with Crippen LogP contribution in [0.15, 0.2) is 30.3 Å². The molecule has 0 unspecified atom stereocenters. The fourth-order valence-electron chi connectivity index (χ4n) is 2.35. The highest BCUT2D eigenvalue weighted by atomic mass is 16.5. The lowest BCUT2D eigenvalue weighted by Crippen LogP contribution is -2.12. The zero-order valence-electron chi connectivity index (χ0n) is 12.9. The van der Waals surface area contributed by atoms with Crippen molar-refractivity contribution in [1.82, 2.24) is 19.7 Å². The summed E-state index contributed by atoms with van der Waals surface area (Å²) in [6, 6.07) is 11.3. The molecule has 0 radical (unpaired) electrons. The zero-order valence-corrected chi connectivity index (χ0v) is 12.9. The number of ether oxygens (including phenoxy) is 1. The van der Waals surface area contributed by atoms with Gasteiger partial charge in [0.25, 0.3) is 0 Å². The summed E-state index contributed by atoms with van der Waals surface area (Å²) in [5, 5.41) is 13.9. The summed E-state index contributed by atoms with van der Waals surface area (Å²) >= 11 is 0.